The SMILES string of the molecule is CCC(C)C(NC(=O)C1N2C(=O)CC2S(=O)(=O)C1(C)C)C(=O)NCCOC. The van der Waals surface area contributed by atoms with Gasteiger partial charge in [0.05, 0.1) is 17.8 Å². The predicted octanol–water partition coefficient (Wildman–Crippen LogP) is -0.586. The first-order chi connectivity index (χ1) is 12.5. The van der Waals surface area contributed by atoms with Crippen LogP contribution in [0.5, 0.6) is 0 Å². The molecule has 27 heavy (non-hydrogen) atoms. The summed E-state index contributed by atoms with van der Waals surface area (Å²) in [7, 11) is -2.15. The third kappa shape index (κ3) is 3.56. The van der Waals surface area contributed by atoms with Gasteiger partial charge < -0.3 is 20.3 Å². The molecule has 2 saturated heterocycles. The van der Waals surface area contributed by atoms with E-state index in [1.54, 1.807) is 0 Å². The number of hydrogen-bond acceptors (Lipinski definition) is 6. The molecule has 0 bridgehead atoms. The van der Waals surface area contributed by atoms with Gasteiger partial charge in [0.15, 0.2) is 9.84 Å². The topological polar surface area (TPSA) is 122 Å². The summed E-state index contributed by atoms with van der Waals surface area (Å²) >= 11 is 0. The second kappa shape index (κ2) is 7.75. The second-order valence-corrected chi connectivity index (χ2v) is 10.4. The van der Waals surface area contributed by atoms with E-state index in [-0.39, 0.29) is 24.2 Å². The van der Waals surface area contributed by atoms with E-state index in [9.17, 15) is 22.8 Å². The van der Waals surface area contributed by atoms with Crippen molar-refractivity contribution in [2.24, 2.45) is 5.92 Å². The summed E-state index contributed by atoms with van der Waals surface area (Å²) in [4.78, 5) is 38.6. The number of ether oxygens (including phenoxy) is 1. The van der Waals surface area contributed by atoms with Gasteiger partial charge in [-0.25, -0.2) is 8.42 Å². The average molecular weight is 404 g/mol. The molecule has 0 aromatic carbocycles. The summed E-state index contributed by atoms with van der Waals surface area (Å²) in [6.45, 7) is 7.27. The molecule has 3 amide bonds. The molecule has 2 aliphatic rings. The standard InChI is InChI=1S/C17H29N3O6S/c1-6-10(2)13(15(22)18-7-8-26-5)19-16(23)14-17(3,4)27(24,25)12-9-11(21)20(12)14/h10,12-14H,6-9H2,1-5H3,(H,18,22)(H,19,23). The van der Waals surface area contributed by atoms with Crippen molar-refractivity contribution in [3.8, 4) is 0 Å². The van der Waals surface area contributed by atoms with Gasteiger partial charge in [-0.1, -0.05) is 20.3 Å². The molecule has 2 N–H and O–H groups in total. The molecule has 154 valence electrons. The lowest BCUT2D eigenvalue weighted by Gasteiger charge is -2.37. The van der Waals surface area contributed by atoms with Crippen molar-refractivity contribution in [2.45, 2.75) is 62.7 Å². The van der Waals surface area contributed by atoms with Gasteiger partial charge in [-0.15, -0.1) is 0 Å². The van der Waals surface area contributed by atoms with Crippen LogP contribution in [0.1, 0.15) is 40.5 Å². The fourth-order valence-corrected chi connectivity index (χ4v) is 5.71. The van der Waals surface area contributed by atoms with Gasteiger partial charge in [-0.3, -0.25) is 14.4 Å². The summed E-state index contributed by atoms with van der Waals surface area (Å²) in [6, 6.07) is -1.97. The first-order valence-electron chi connectivity index (χ1n) is 9.12. The lowest BCUT2D eigenvalue weighted by molar-refractivity contribution is -0.150. The van der Waals surface area contributed by atoms with Crippen LogP contribution >= 0.6 is 0 Å². The van der Waals surface area contributed by atoms with Crippen LogP contribution in [-0.2, 0) is 29.0 Å². The normalized spacial score (nSPS) is 27.3. The van der Waals surface area contributed by atoms with Crippen LogP contribution in [0.4, 0.5) is 0 Å². The highest BCUT2D eigenvalue weighted by Gasteiger charge is 2.67. The number of amides is 3. The van der Waals surface area contributed by atoms with Gasteiger partial charge in [0.25, 0.3) is 0 Å². The third-order valence-corrected chi connectivity index (χ3v) is 8.42. The molecular weight excluding hydrogens is 374 g/mol. The minimum atomic E-state index is -3.66. The molecule has 4 unspecified atom stereocenters. The van der Waals surface area contributed by atoms with Crippen LogP contribution in [0.25, 0.3) is 0 Å². The third-order valence-electron chi connectivity index (χ3n) is 5.62. The molecule has 0 spiro atoms. The van der Waals surface area contributed by atoms with Crippen LogP contribution in [-0.4, -0.2) is 73.5 Å². The number of carbonyl (C=O) groups excluding carboxylic acids is 3. The Morgan fingerprint density at radius 2 is 2.00 bits per heavy atom. The monoisotopic (exact) mass is 403 g/mol. The van der Waals surface area contributed by atoms with Crippen LogP contribution < -0.4 is 10.6 Å². The number of carbonyl (C=O) groups is 3. The van der Waals surface area contributed by atoms with Gasteiger partial charge in [-0.05, 0) is 19.8 Å². The lowest BCUT2D eigenvalue weighted by atomic mass is 9.94. The highest BCUT2D eigenvalue weighted by atomic mass is 32.2. The van der Waals surface area contributed by atoms with E-state index in [2.05, 4.69) is 10.6 Å². The summed E-state index contributed by atoms with van der Waals surface area (Å²) in [5.74, 6) is -1.51. The summed E-state index contributed by atoms with van der Waals surface area (Å²) in [5, 5.41) is 4.43. The number of fused-ring (bicyclic) bond motifs is 1. The minimum absolute atomic E-state index is 0.0954. The quantitative estimate of drug-likeness (QED) is 0.413. The number of nitrogens with one attached hydrogen (secondary N) is 2. The zero-order valence-electron chi connectivity index (χ0n) is 16.4. The number of hydrogen-bond donors (Lipinski definition) is 2. The molecule has 0 aliphatic carbocycles. The van der Waals surface area contributed by atoms with E-state index < -0.39 is 37.9 Å². The molecule has 4 atom stereocenters. The number of methoxy groups -OCH3 is 1. The number of sulfone groups is 1. The number of β-lactam (4-membered cyclic amide) rings is 1. The molecule has 0 saturated carbocycles. The van der Waals surface area contributed by atoms with E-state index in [1.807, 2.05) is 13.8 Å². The van der Waals surface area contributed by atoms with E-state index in [1.165, 1.54) is 21.0 Å². The summed E-state index contributed by atoms with van der Waals surface area (Å²) in [6.07, 6.45) is 0.544. The highest BCUT2D eigenvalue weighted by molar-refractivity contribution is 7.93. The smallest absolute Gasteiger partial charge is 0.245 e. The molecule has 2 aliphatic heterocycles. The molecule has 2 heterocycles. The van der Waals surface area contributed by atoms with Gasteiger partial charge in [-0.2, -0.15) is 0 Å². The molecule has 10 heteroatoms. The van der Waals surface area contributed by atoms with Crippen LogP contribution in [0.2, 0.25) is 0 Å². The van der Waals surface area contributed by atoms with Gasteiger partial charge in [0.2, 0.25) is 17.7 Å². The minimum Gasteiger partial charge on any atom is -0.383 e. The van der Waals surface area contributed by atoms with Crippen molar-refractivity contribution < 1.29 is 27.5 Å². The second-order valence-electron chi connectivity index (χ2n) is 7.67. The van der Waals surface area contributed by atoms with Crippen LogP contribution in [0.15, 0.2) is 0 Å². The first-order valence-corrected chi connectivity index (χ1v) is 10.7. The zero-order chi connectivity index (χ0) is 20.6. The molecule has 0 aromatic rings. The van der Waals surface area contributed by atoms with Crippen molar-refractivity contribution in [1.82, 2.24) is 15.5 Å². The Labute approximate surface area is 160 Å². The Morgan fingerprint density at radius 3 is 2.52 bits per heavy atom. The molecule has 0 aromatic heterocycles. The average Bonchev–Trinajstić information content (AvgIpc) is 2.72. The Hall–Kier alpha value is -1.68. The highest BCUT2D eigenvalue weighted by Crippen LogP contribution is 2.45. The maximum Gasteiger partial charge on any atom is 0.245 e. The van der Waals surface area contributed by atoms with Crippen molar-refractivity contribution in [2.75, 3.05) is 20.3 Å². The van der Waals surface area contributed by atoms with Crippen LogP contribution in [0, 0.1) is 5.92 Å². The molecular formula is C17H29N3O6S. The zero-order valence-corrected chi connectivity index (χ0v) is 17.3. The summed E-state index contributed by atoms with van der Waals surface area (Å²) in [5.41, 5.74) is 0. The largest absolute Gasteiger partial charge is 0.383 e. The van der Waals surface area contributed by atoms with Gasteiger partial charge in [0.1, 0.15) is 17.5 Å². The molecule has 9 nitrogen and oxygen atoms in total. The van der Waals surface area contributed by atoms with Gasteiger partial charge >= 0.3 is 0 Å². The fraction of sp³-hybridized carbons (Fsp3) is 0.824. The van der Waals surface area contributed by atoms with Crippen molar-refractivity contribution >= 4 is 27.6 Å². The Balaban J connectivity index is 2.21. The van der Waals surface area contributed by atoms with E-state index >= 15 is 0 Å². The maximum absolute atomic E-state index is 13.0. The number of rotatable bonds is 8. The summed E-state index contributed by atoms with van der Waals surface area (Å²) < 4.78 is 28.8. The van der Waals surface area contributed by atoms with Crippen molar-refractivity contribution in [1.29, 1.82) is 0 Å². The predicted molar refractivity (Wildman–Crippen MR) is 98.3 cm³/mol. The molecule has 2 fully saturated rings. The maximum atomic E-state index is 13.0. The van der Waals surface area contributed by atoms with Crippen molar-refractivity contribution in [3.63, 3.8) is 0 Å². The van der Waals surface area contributed by atoms with Crippen LogP contribution in [0.3, 0.4) is 0 Å². The van der Waals surface area contributed by atoms with E-state index in [0.717, 1.165) is 4.90 Å². The molecule has 2 rings (SSSR count). The first kappa shape index (κ1) is 21.6. The molecule has 0 radical (unpaired) electrons. The Morgan fingerprint density at radius 1 is 1.37 bits per heavy atom. The fourth-order valence-electron chi connectivity index (χ4n) is 3.57. The number of nitrogens with zero attached hydrogens (tertiary/aromatic N) is 1. The Kier molecular flexibility index (Phi) is 6.20. The Bertz CT molecular complexity index is 720. The van der Waals surface area contributed by atoms with E-state index in [0.29, 0.717) is 19.6 Å². The van der Waals surface area contributed by atoms with Gasteiger partial charge in [0, 0.05) is 13.7 Å². The van der Waals surface area contributed by atoms with Crippen molar-refractivity contribution in [3.05, 3.63) is 0 Å². The lowest BCUT2D eigenvalue weighted by Crippen LogP contribution is -2.62. The van der Waals surface area contributed by atoms with E-state index in [4.69, 9.17) is 4.74 Å².